The summed E-state index contributed by atoms with van der Waals surface area (Å²) < 4.78 is 11.0. The van der Waals surface area contributed by atoms with Crippen molar-refractivity contribution in [2.24, 2.45) is 0 Å². The minimum atomic E-state index is -1.28. The number of aromatic hydroxyl groups is 1. The fraction of sp³-hybridized carbons (Fsp3) is 0.529. The van der Waals surface area contributed by atoms with Crippen LogP contribution in [0.25, 0.3) is 0 Å². The molecule has 3 unspecified atom stereocenters. The standard InChI is InChI=1S/C34H49N3O7S/c1-21-18-23(16-17-26(21)38)27(37(32(2,3)4)29(40)25(20-45)36-31(42)44-34(8,9)10)28(39)35-24(30(41)43-33(5,6)7)19-22-14-12-11-13-15-22/h11-18,24-25,27,38,45H,19-20H2,1-10H3,(H,35,39)(H,36,42). The first-order valence-corrected chi connectivity index (χ1v) is 15.6. The molecular formula is C34H49N3O7S. The minimum Gasteiger partial charge on any atom is -0.508 e. The molecule has 0 saturated carbocycles. The van der Waals surface area contributed by atoms with Gasteiger partial charge in [-0.3, -0.25) is 9.59 Å². The molecule has 0 aromatic heterocycles. The molecule has 0 aliphatic rings. The Bertz CT molecular complexity index is 1340. The van der Waals surface area contributed by atoms with Crippen LogP contribution >= 0.6 is 12.6 Å². The summed E-state index contributed by atoms with van der Waals surface area (Å²) in [6, 6.07) is 10.3. The van der Waals surface area contributed by atoms with Crippen LogP contribution in [-0.4, -0.2) is 68.5 Å². The van der Waals surface area contributed by atoms with Gasteiger partial charge in [0, 0.05) is 17.7 Å². The van der Waals surface area contributed by atoms with Gasteiger partial charge in [-0.05, 0) is 98.1 Å². The van der Waals surface area contributed by atoms with Crippen LogP contribution in [0.5, 0.6) is 5.75 Å². The van der Waals surface area contributed by atoms with Gasteiger partial charge in [-0.25, -0.2) is 9.59 Å². The van der Waals surface area contributed by atoms with Gasteiger partial charge in [-0.1, -0.05) is 36.4 Å². The average molecular weight is 644 g/mol. The number of hydrogen-bond donors (Lipinski definition) is 4. The smallest absolute Gasteiger partial charge is 0.408 e. The van der Waals surface area contributed by atoms with Crippen LogP contribution in [0, 0.1) is 6.92 Å². The van der Waals surface area contributed by atoms with Crippen molar-refractivity contribution in [3.8, 4) is 5.75 Å². The highest BCUT2D eigenvalue weighted by Gasteiger charge is 2.43. The minimum absolute atomic E-state index is 0.0158. The van der Waals surface area contributed by atoms with Gasteiger partial charge in [0.25, 0.3) is 0 Å². The summed E-state index contributed by atoms with van der Waals surface area (Å²) in [6.45, 7) is 17.3. The van der Waals surface area contributed by atoms with Crippen LogP contribution in [0.1, 0.15) is 85.0 Å². The largest absolute Gasteiger partial charge is 0.508 e. The van der Waals surface area contributed by atoms with Gasteiger partial charge in [-0.2, -0.15) is 12.6 Å². The summed E-state index contributed by atoms with van der Waals surface area (Å²) >= 11 is 4.33. The lowest BCUT2D eigenvalue weighted by atomic mass is 9.94. The molecule has 10 nitrogen and oxygen atoms in total. The van der Waals surface area contributed by atoms with E-state index in [2.05, 4.69) is 23.3 Å². The van der Waals surface area contributed by atoms with Crippen LogP contribution in [0.15, 0.2) is 48.5 Å². The predicted octanol–water partition coefficient (Wildman–Crippen LogP) is 5.26. The van der Waals surface area contributed by atoms with Crippen molar-refractivity contribution < 1.29 is 33.8 Å². The number of nitrogens with zero attached hydrogens (tertiary/aromatic N) is 1. The third kappa shape index (κ3) is 11.6. The lowest BCUT2D eigenvalue weighted by molar-refractivity contribution is -0.159. The van der Waals surface area contributed by atoms with E-state index in [4.69, 9.17) is 9.47 Å². The van der Waals surface area contributed by atoms with Crippen molar-refractivity contribution in [1.29, 1.82) is 0 Å². The number of nitrogens with one attached hydrogen (secondary N) is 2. The maximum absolute atomic E-state index is 14.4. The molecule has 2 rings (SSSR count). The van der Waals surface area contributed by atoms with Gasteiger partial charge < -0.3 is 30.1 Å². The Balaban J connectivity index is 2.64. The lowest BCUT2D eigenvalue weighted by Crippen LogP contribution is -2.60. The molecule has 3 N–H and O–H groups in total. The van der Waals surface area contributed by atoms with Crippen molar-refractivity contribution in [2.75, 3.05) is 5.75 Å². The number of phenolic OH excluding ortho intramolecular Hbond substituents is 1. The molecule has 0 heterocycles. The first kappa shape index (κ1) is 37.5. The summed E-state index contributed by atoms with van der Waals surface area (Å²) in [5.41, 5.74) is -0.917. The summed E-state index contributed by atoms with van der Waals surface area (Å²) in [5, 5.41) is 15.7. The fourth-order valence-corrected chi connectivity index (χ4v) is 4.83. The highest BCUT2D eigenvalue weighted by Crippen LogP contribution is 2.32. The third-order valence-corrected chi connectivity index (χ3v) is 6.83. The first-order chi connectivity index (χ1) is 20.6. The van der Waals surface area contributed by atoms with Gasteiger partial charge in [0.15, 0.2) is 0 Å². The van der Waals surface area contributed by atoms with Gasteiger partial charge in [-0.15, -0.1) is 0 Å². The Morgan fingerprint density at radius 1 is 0.844 bits per heavy atom. The predicted molar refractivity (Wildman–Crippen MR) is 177 cm³/mol. The lowest BCUT2D eigenvalue weighted by Gasteiger charge is -2.43. The van der Waals surface area contributed by atoms with E-state index >= 15 is 0 Å². The number of amides is 3. The molecule has 3 amide bonds. The third-order valence-electron chi connectivity index (χ3n) is 6.47. The van der Waals surface area contributed by atoms with E-state index in [1.807, 2.05) is 30.3 Å². The molecule has 2 aromatic rings. The molecule has 0 fully saturated rings. The van der Waals surface area contributed by atoms with Crippen LogP contribution in [0.4, 0.5) is 4.79 Å². The molecule has 0 bridgehead atoms. The fourth-order valence-electron chi connectivity index (χ4n) is 4.58. The Morgan fingerprint density at radius 2 is 1.42 bits per heavy atom. The van der Waals surface area contributed by atoms with Crippen LogP contribution in [-0.2, 0) is 30.3 Å². The molecular weight excluding hydrogens is 594 g/mol. The van der Waals surface area contributed by atoms with Gasteiger partial charge in [0.1, 0.15) is 35.1 Å². The van der Waals surface area contributed by atoms with Crippen molar-refractivity contribution in [3.05, 3.63) is 65.2 Å². The zero-order valence-electron chi connectivity index (χ0n) is 28.1. The Kier molecular flexibility index (Phi) is 12.5. The average Bonchev–Trinajstić information content (AvgIpc) is 2.89. The molecule has 0 radical (unpaired) electrons. The van der Waals surface area contributed by atoms with E-state index in [1.165, 1.54) is 11.0 Å². The van der Waals surface area contributed by atoms with E-state index < -0.39 is 58.7 Å². The van der Waals surface area contributed by atoms with E-state index in [0.717, 1.165) is 5.56 Å². The molecule has 0 saturated heterocycles. The summed E-state index contributed by atoms with van der Waals surface area (Å²) in [4.78, 5) is 56.2. The number of thiol groups is 1. The summed E-state index contributed by atoms with van der Waals surface area (Å²) in [6.07, 6.45) is -0.663. The number of rotatable bonds is 10. The number of benzene rings is 2. The van der Waals surface area contributed by atoms with Gasteiger partial charge in [0.05, 0.1) is 0 Å². The number of esters is 1. The molecule has 0 aliphatic carbocycles. The topological polar surface area (TPSA) is 134 Å². The Labute approximate surface area is 272 Å². The number of carbonyl (C=O) groups excluding carboxylic acids is 4. The zero-order chi connectivity index (χ0) is 34.3. The SMILES string of the molecule is Cc1cc(C(C(=O)NC(Cc2ccccc2)C(=O)OC(C)(C)C)N(C(=O)C(CS)NC(=O)OC(C)(C)C)C(C)(C)C)ccc1O. The molecule has 11 heteroatoms. The second kappa shape index (κ2) is 15.0. The highest BCUT2D eigenvalue weighted by molar-refractivity contribution is 7.80. The molecule has 0 spiro atoms. The number of ether oxygens (including phenoxy) is 2. The van der Waals surface area contributed by atoms with Gasteiger partial charge in [0.2, 0.25) is 11.8 Å². The molecule has 3 atom stereocenters. The Hall–Kier alpha value is -3.73. The molecule has 248 valence electrons. The van der Waals surface area contributed by atoms with Crippen molar-refractivity contribution in [1.82, 2.24) is 15.5 Å². The molecule has 2 aromatic carbocycles. The van der Waals surface area contributed by atoms with E-state index in [9.17, 15) is 24.3 Å². The summed E-state index contributed by atoms with van der Waals surface area (Å²) in [7, 11) is 0. The number of phenols is 1. The summed E-state index contributed by atoms with van der Waals surface area (Å²) in [5.74, 6) is -1.94. The van der Waals surface area contributed by atoms with E-state index in [0.29, 0.717) is 11.1 Å². The van der Waals surface area contributed by atoms with Crippen molar-refractivity contribution in [2.45, 2.75) is 111 Å². The zero-order valence-corrected chi connectivity index (χ0v) is 29.0. The van der Waals surface area contributed by atoms with Gasteiger partial charge >= 0.3 is 12.1 Å². The van der Waals surface area contributed by atoms with Crippen molar-refractivity contribution in [3.63, 3.8) is 0 Å². The van der Waals surface area contributed by atoms with E-state index in [-0.39, 0.29) is 17.9 Å². The number of hydrogen-bond acceptors (Lipinski definition) is 8. The Morgan fingerprint density at radius 3 is 1.91 bits per heavy atom. The van der Waals surface area contributed by atoms with Crippen LogP contribution in [0.2, 0.25) is 0 Å². The monoisotopic (exact) mass is 643 g/mol. The van der Waals surface area contributed by atoms with Crippen LogP contribution < -0.4 is 10.6 Å². The van der Waals surface area contributed by atoms with E-state index in [1.54, 1.807) is 81.4 Å². The maximum Gasteiger partial charge on any atom is 0.408 e. The normalized spacial score (nSPS) is 14.0. The van der Waals surface area contributed by atoms with Crippen molar-refractivity contribution >= 4 is 36.5 Å². The van der Waals surface area contributed by atoms with Crippen LogP contribution in [0.3, 0.4) is 0 Å². The first-order valence-electron chi connectivity index (χ1n) is 14.9. The quantitative estimate of drug-likeness (QED) is 0.205. The highest BCUT2D eigenvalue weighted by atomic mass is 32.1. The number of alkyl carbamates (subject to hydrolysis) is 1. The second-order valence-electron chi connectivity index (χ2n) is 14.0. The number of carbonyl (C=O) groups is 4. The second-order valence-corrected chi connectivity index (χ2v) is 14.4. The maximum atomic E-state index is 14.4. The molecule has 45 heavy (non-hydrogen) atoms. The molecule has 0 aliphatic heterocycles. The number of aryl methyl sites for hydroxylation is 1.